The smallest absolute Gasteiger partial charge is 0.204 e. The predicted octanol–water partition coefficient (Wildman–Crippen LogP) is 3.37. The maximum Gasteiger partial charge on any atom is 0.430 e. The minimum absolute atomic E-state index is 0.180. The van der Waals surface area contributed by atoms with Gasteiger partial charge in [0.15, 0.2) is 0 Å². The third-order valence-corrected chi connectivity index (χ3v) is 9.78. The second-order valence-electron chi connectivity index (χ2n) is 5.75. The van der Waals surface area contributed by atoms with Crippen LogP contribution in [0.2, 0.25) is 0 Å². The van der Waals surface area contributed by atoms with Gasteiger partial charge >= 0.3 is 36.5 Å². The van der Waals surface area contributed by atoms with E-state index in [1.54, 1.807) is 0 Å². The molecule has 1 heterocycles. The molecular formula is C12H11F6NO4S3. The molecule has 0 aromatic heterocycles. The molecule has 0 bridgehead atoms. The summed E-state index contributed by atoms with van der Waals surface area (Å²) in [6.07, 6.45) is 0. The highest BCUT2D eigenvalue weighted by atomic mass is 32.3. The number of benzene rings is 1. The van der Waals surface area contributed by atoms with Crippen LogP contribution < -0.4 is 0 Å². The SMILES string of the molecule is CC(C)(SN1S(=O)(=O)C(F)(F)C(F)(F)C(F)(F)S1(=O)=O)c1ccccc1. The Morgan fingerprint density at radius 3 is 1.62 bits per heavy atom. The van der Waals surface area contributed by atoms with Crippen molar-refractivity contribution in [1.82, 2.24) is 3.12 Å². The van der Waals surface area contributed by atoms with E-state index in [9.17, 15) is 43.2 Å². The van der Waals surface area contributed by atoms with Crippen molar-refractivity contribution in [2.24, 2.45) is 0 Å². The fourth-order valence-electron chi connectivity index (χ4n) is 1.99. The molecule has 0 saturated carbocycles. The van der Waals surface area contributed by atoms with Gasteiger partial charge in [-0.05, 0) is 34.5 Å². The summed E-state index contributed by atoms with van der Waals surface area (Å²) in [5.74, 6) is -6.65. The maximum absolute atomic E-state index is 13.7. The zero-order valence-electron chi connectivity index (χ0n) is 13.0. The van der Waals surface area contributed by atoms with Crippen LogP contribution in [0, 0.1) is 0 Å². The summed E-state index contributed by atoms with van der Waals surface area (Å²) in [7, 11) is -13.4. The third-order valence-electron chi connectivity index (χ3n) is 3.54. The lowest BCUT2D eigenvalue weighted by Gasteiger charge is -2.42. The normalized spacial score (nSPS) is 26.3. The lowest BCUT2D eigenvalue weighted by atomic mass is 10.0. The summed E-state index contributed by atoms with van der Waals surface area (Å²) >= 11 is -0.441. The van der Waals surface area contributed by atoms with Crippen molar-refractivity contribution in [2.45, 2.75) is 35.0 Å². The van der Waals surface area contributed by atoms with Gasteiger partial charge in [0.1, 0.15) is 0 Å². The van der Waals surface area contributed by atoms with Crippen LogP contribution in [-0.4, -0.2) is 36.4 Å². The van der Waals surface area contributed by atoms with Crippen molar-refractivity contribution >= 4 is 32.0 Å². The summed E-state index contributed by atoms with van der Waals surface area (Å²) in [4.78, 5) is 0. The van der Waals surface area contributed by atoms with Crippen molar-refractivity contribution in [3.05, 3.63) is 35.9 Å². The minimum atomic E-state index is -6.68. The second kappa shape index (κ2) is 5.75. The first-order valence-electron chi connectivity index (χ1n) is 6.62. The summed E-state index contributed by atoms with van der Waals surface area (Å²) < 4.78 is 126. The Morgan fingerprint density at radius 1 is 0.846 bits per heavy atom. The summed E-state index contributed by atoms with van der Waals surface area (Å²) in [5.41, 5.74) is 0.180. The van der Waals surface area contributed by atoms with Gasteiger partial charge < -0.3 is 0 Å². The Balaban J connectivity index is 2.68. The molecule has 1 saturated heterocycles. The van der Waals surface area contributed by atoms with Crippen LogP contribution in [0.25, 0.3) is 0 Å². The maximum atomic E-state index is 13.7. The third kappa shape index (κ3) is 2.56. The number of halogens is 6. The molecule has 0 N–H and O–H groups in total. The highest BCUT2D eigenvalue weighted by molar-refractivity contribution is 8.21. The van der Waals surface area contributed by atoms with Crippen LogP contribution in [0.15, 0.2) is 30.3 Å². The number of nitrogens with zero attached hydrogens (tertiary/aromatic N) is 1. The Morgan fingerprint density at radius 2 is 1.23 bits per heavy atom. The zero-order chi connectivity index (χ0) is 20.4. The van der Waals surface area contributed by atoms with Crippen LogP contribution in [0.3, 0.4) is 0 Å². The zero-order valence-corrected chi connectivity index (χ0v) is 15.4. The first-order valence-corrected chi connectivity index (χ1v) is 10.3. The Kier molecular flexibility index (Phi) is 4.72. The number of sulfonamides is 2. The van der Waals surface area contributed by atoms with Gasteiger partial charge in [-0.25, -0.2) is 16.8 Å². The molecule has 0 radical (unpaired) electrons. The lowest BCUT2D eigenvalue weighted by molar-refractivity contribution is -0.248. The minimum Gasteiger partial charge on any atom is -0.204 e. The lowest BCUT2D eigenvalue weighted by Crippen LogP contribution is -2.70. The molecule has 1 aromatic rings. The standard InChI is InChI=1S/C12H11F6NO4S3/c1-9(2,8-6-4-3-5-7-8)24-19-25(20,21)11(15,16)10(13,14)12(17,18)26(19,22)23/h3-7H,1-2H3. The van der Waals surface area contributed by atoms with E-state index in [-0.39, 0.29) is 5.56 Å². The van der Waals surface area contributed by atoms with Gasteiger partial charge in [-0.1, -0.05) is 30.3 Å². The molecule has 1 aliphatic rings. The van der Waals surface area contributed by atoms with Gasteiger partial charge in [0.25, 0.3) is 0 Å². The molecule has 1 fully saturated rings. The first kappa shape index (κ1) is 21.3. The van der Waals surface area contributed by atoms with Crippen LogP contribution in [0.4, 0.5) is 26.3 Å². The fraction of sp³-hybridized carbons (Fsp3) is 0.500. The van der Waals surface area contributed by atoms with Crippen molar-refractivity contribution in [1.29, 1.82) is 0 Å². The van der Waals surface area contributed by atoms with E-state index in [1.165, 1.54) is 30.3 Å². The number of hydrogen-bond donors (Lipinski definition) is 0. The Bertz CT molecular complexity index is 868. The topological polar surface area (TPSA) is 71.5 Å². The molecule has 5 nitrogen and oxygen atoms in total. The van der Waals surface area contributed by atoms with E-state index in [4.69, 9.17) is 0 Å². The molecule has 14 heteroatoms. The van der Waals surface area contributed by atoms with Crippen LogP contribution >= 0.6 is 11.9 Å². The molecule has 1 aliphatic heterocycles. The van der Waals surface area contributed by atoms with E-state index in [2.05, 4.69) is 0 Å². The van der Waals surface area contributed by atoms with E-state index in [0.717, 1.165) is 13.8 Å². The molecule has 2 rings (SSSR count). The number of alkyl halides is 6. The molecule has 0 aliphatic carbocycles. The Hall–Kier alpha value is -0.990. The van der Waals surface area contributed by atoms with Crippen molar-refractivity contribution in [3.63, 3.8) is 0 Å². The quantitative estimate of drug-likeness (QED) is 0.529. The van der Waals surface area contributed by atoms with Crippen LogP contribution in [-0.2, 0) is 24.8 Å². The highest BCUT2D eigenvalue weighted by Gasteiger charge is 2.89. The number of hydrogen-bond acceptors (Lipinski definition) is 5. The number of rotatable bonds is 3. The fourth-order valence-corrected chi connectivity index (χ4v) is 8.00. The van der Waals surface area contributed by atoms with Gasteiger partial charge in [-0.2, -0.15) is 26.3 Å². The summed E-state index contributed by atoms with van der Waals surface area (Å²) in [6, 6.07) is 7.10. The molecule has 148 valence electrons. The van der Waals surface area contributed by atoms with Gasteiger partial charge in [-0.3, -0.25) is 0 Å². The molecule has 0 amide bonds. The largest absolute Gasteiger partial charge is 0.430 e. The predicted molar refractivity (Wildman–Crippen MR) is 81.6 cm³/mol. The van der Waals surface area contributed by atoms with Gasteiger partial charge in [-0.15, -0.1) is 0 Å². The monoisotopic (exact) mass is 443 g/mol. The van der Waals surface area contributed by atoms with Crippen molar-refractivity contribution < 1.29 is 43.2 Å². The molecule has 1 aromatic carbocycles. The molecule has 0 unspecified atom stereocenters. The molecule has 0 spiro atoms. The van der Waals surface area contributed by atoms with E-state index >= 15 is 0 Å². The molecular weight excluding hydrogens is 432 g/mol. The summed E-state index contributed by atoms with van der Waals surface area (Å²) in [6.45, 7) is 2.31. The van der Waals surface area contributed by atoms with Crippen molar-refractivity contribution in [2.75, 3.05) is 0 Å². The Labute approximate surface area is 149 Å². The average molecular weight is 443 g/mol. The van der Waals surface area contributed by atoms with Gasteiger partial charge in [0, 0.05) is 0 Å². The van der Waals surface area contributed by atoms with E-state index in [1.807, 2.05) is 0 Å². The van der Waals surface area contributed by atoms with E-state index in [0.29, 0.717) is 0 Å². The second-order valence-corrected chi connectivity index (χ2v) is 11.7. The van der Waals surface area contributed by atoms with Crippen molar-refractivity contribution in [3.8, 4) is 0 Å². The van der Waals surface area contributed by atoms with Gasteiger partial charge in [0.05, 0.1) is 4.75 Å². The first-order chi connectivity index (χ1) is 11.4. The van der Waals surface area contributed by atoms with Crippen LogP contribution in [0.1, 0.15) is 19.4 Å². The van der Waals surface area contributed by atoms with E-state index < -0.39 is 56.3 Å². The molecule has 26 heavy (non-hydrogen) atoms. The van der Waals surface area contributed by atoms with Gasteiger partial charge in [0.2, 0.25) is 0 Å². The summed E-state index contributed by atoms with van der Waals surface area (Å²) in [5, 5.41) is -12.7. The van der Waals surface area contributed by atoms with Crippen LogP contribution in [0.5, 0.6) is 0 Å². The highest BCUT2D eigenvalue weighted by Crippen LogP contribution is 2.60. The average Bonchev–Trinajstić information content (AvgIpc) is 2.51. The molecule has 0 atom stereocenters.